The average molecular weight is 400 g/mol. The number of aliphatic imine (C=N–C) groups is 1. The number of aromatic nitrogens is 1. The molecule has 1 fully saturated rings. The van der Waals surface area contributed by atoms with Crippen molar-refractivity contribution in [1.82, 2.24) is 4.98 Å². The molecule has 1 amide bonds. The minimum Gasteiger partial charge on any atom is -0.443 e. The number of carbonyl (C=O) groups is 1. The molecular formula is C20H25FN6O2. The lowest BCUT2D eigenvalue weighted by Crippen LogP contribution is -2.47. The Hall–Kier alpha value is -3.36. The summed E-state index contributed by atoms with van der Waals surface area (Å²) in [5.41, 5.74) is 14.1. The van der Waals surface area contributed by atoms with Gasteiger partial charge in [0.25, 0.3) is 0 Å². The van der Waals surface area contributed by atoms with Gasteiger partial charge in [0.15, 0.2) is 17.6 Å². The highest BCUT2D eigenvalue weighted by Gasteiger charge is 2.22. The summed E-state index contributed by atoms with van der Waals surface area (Å²) in [6, 6.07) is 7.87. The third-order valence-electron chi connectivity index (χ3n) is 4.96. The molecule has 0 unspecified atom stereocenters. The van der Waals surface area contributed by atoms with Crippen molar-refractivity contribution in [3.8, 4) is 0 Å². The van der Waals surface area contributed by atoms with Crippen LogP contribution in [0.25, 0.3) is 0 Å². The SMILES string of the molecule is Cc1ccc(N2CCN(c3nccc(COC(=O)N=C(N)N)c3F)CC2)cc1C. The summed E-state index contributed by atoms with van der Waals surface area (Å²) in [7, 11) is 0. The molecule has 0 spiro atoms. The predicted octanol–water partition coefficient (Wildman–Crippen LogP) is 2.07. The first-order chi connectivity index (χ1) is 13.8. The number of halogens is 1. The van der Waals surface area contributed by atoms with Crippen molar-refractivity contribution in [2.75, 3.05) is 36.0 Å². The van der Waals surface area contributed by atoms with E-state index in [2.05, 4.69) is 46.9 Å². The van der Waals surface area contributed by atoms with Gasteiger partial charge in [-0.3, -0.25) is 0 Å². The molecule has 0 aliphatic carbocycles. The molecule has 2 heterocycles. The van der Waals surface area contributed by atoms with Crippen molar-refractivity contribution < 1.29 is 13.9 Å². The number of guanidine groups is 1. The summed E-state index contributed by atoms with van der Waals surface area (Å²) in [6.45, 7) is 6.69. The van der Waals surface area contributed by atoms with Crippen LogP contribution < -0.4 is 21.3 Å². The van der Waals surface area contributed by atoms with E-state index in [-0.39, 0.29) is 18.0 Å². The summed E-state index contributed by atoms with van der Waals surface area (Å²) in [5.74, 6) is -0.669. The standard InChI is InChI=1S/C20H25FN6O2/c1-13-3-4-16(11-14(13)2)26-7-9-27(10-8-26)18-17(21)15(5-6-24-18)12-29-20(28)25-19(22)23/h3-6,11H,7-10,12H2,1-2H3,(H4,22,23,25,28). The molecule has 29 heavy (non-hydrogen) atoms. The topological polar surface area (TPSA) is 110 Å². The molecule has 1 aliphatic heterocycles. The van der Waals surface area contributed by atoms with Crippen molar-refractivity contribution >= 4 is 23.6 Å². The Bertz CT molecular complexity index is 921. The molecule has 0 saturated carbocycles. The van der Waals surface area contributed by atoms with Gasteiger partial charge in [0.2, 0.25) is 0 Å². The maximum Gasteiger partial charge on any atom is 0.437 e. The van der Waals surface area contributed by atoms with Crippen LogP contribution in [-0.4, -0.2) is 43.2 Å². The second kappa shape index (κ2) is 8.76. The van der Waals surface area contributed by atoms with Gasteiger partial charge in [-0.05, 0) is 43.2 Å². The van der Waals surface area contributed by atoms with E-state index < -0.39 is 17.9 Å². The van der Waals surface area contributed by atoms with Crippen LogP contribution in [0.1, 0.15) is 16.7 Å². The summed E-state index contributed by atoms with van der Waals surface area (Å²) >= 11 is 0. The van der Waals surface area contributed by atoms with Crippen molar-refractivity contribution in [2.45, 2.75) is 20.5 Å². The Kier molecular flexibility index (Phi) is 6.16. The highest BCUT2D eigenvalue weighted by Crippen LogP contribution is 2.24. The van der Waals surface area contributed by atoms with E-state index in [1.807, 2.05) is 4.90 Å². The van der Waals surface area contributed by atoms with Crippen molar-refractivity contribution in [3.05, 3.63) is 53.0 Å². The molecule has 1 aliphatic rings. The smallest absolute Gasteiger partial charge is 0.437 e. The number of nitrogens with zero attached hydrogens (tertiary/aromatic N) is 4. The van der Waals surface area contributed by atoms with Gasteiger partial charge < -0.3 is 26.0 Å². The largest absolute Gasteiger partial charge is 0.443 e. The number of hydrogen-bond donors (Lipinski definition) is 2. The Labute approximate surface area is 169 Å². The number of piperazine rings is 1. The maximum atomic E-state index is 14.9. The number of aryl methyl sites for hydroxylation is 2. The number of rotatable bonds is 4. The van der Waals surface area contributed by atoms with Gasteiger partial charge >= 0.3 is 6.09 Å². The first kappa shape index (κ1) is 20.4. The number of nitrogens with two attached hydrogens (primary N) is 2. The van der Waals surface area contributed by atoms with E-state index in [0.29, 0.717) is 13.1 Å². The van der Waals surface area contributed by atoms with Crippen LogP contribution in [0.15, 0.2) is 35.5 Å². The Morgan fingerprint density at radius 2 is 1.83 bits per heavy atom. The lowest BCUT2D eigenvalue weighted by Gasteiger charge is -2.37. The van der Waals surface area contributed by atoms with Crippen LogP contribution in [-0.2, 0) is 11.3 Å². The molecule has 1 aromatic carbocycles. The zero-order valence-corrected chi connectivity index (χ0v) is 16.6. The third kappa shape index (κ3) is 4.92. The lowest BCUT2D eigenvalue weighted by molar-refractivity contribution is 0.149. The van der Waals surface area contributed by atoms with E-state index in [0.717, 1.165) is 13.1 Å². The minimum absolute atomic E-state index is 0.214. The fourth-order valence-electron chi connectivity index (χ4n) is 3.18. The van der Waals surface area contributed by atoms with Gasteiger partial charge in [0.1, 0.15) is 6.61 Å². The van der Waals surface area contributed by atoms with Gasteiger partial charge in [-0.15, -0.1) is 4.99 Å². The number of pyridine rings is 1. The van der Waals surface area contributed by atoms with Crippen LogP contribution in [0, 0.1) is 19.7 Å². The molecule has 0 atom stereocenters. The molecule has 1 aromatic heterocycles. The number of carbonyl (C=O) groups excluding carboxylic acids is 1. The summed E-state index contributed by atoms with van der Waals surface area (Å²) < 4.78 is 19.8. The highest BCUT2D eigenvalue weighted by molar-refractivity contribution is 5.87. The van der Waals surface area contributed by atoms with Crippen LogP contribution in [0.4, 0.5) is 20.7 Å². The predicted molar refractivity (Wildman–Crippen MR) is 111 cm³/mol. The zero-order chi connectivity index (χ0) is 21.0. The third-order valence-corrected chi connectivity index (χ3v) is 4.96. The molecular weight excluding hydrogens is 375 g/mol. The monoisotopic (exact) mass is 400 g/mol. The van der Waals surface area contributed by atoms with E-state index in [4.69, 9.17) is 16.2 Å². The molecule has 8 nitrogen and oxygen atoms in total. The van der Waals surface area contributed by atoms with E-state index in [1.54, 1.807) is 0 Å². The average Bonchev–Trinajstić information content (AvgIpc) is 2.69. The zero-order valence-electron chi connectivity index (χ0n) is 16.6. The Balaban J connectivity index is 1.65. The maximum absolute atomic E-state index is 14.9. The fraction of sp³-hybridized carbons (Fsp3) is 0.350. The van der Waals surface area contributed by atoms with Crippen molar-refractivity contribution in [1.29, 1.82) is 0 Å². The molecule has 0 radical (unpaired) electrons. The number of ether oxygens (including phenoxy) is 1. The minimum atomic E-state index is -0.968. The molecule has 4 N–H and O–H groups in total. The summed E-state index contributed by atoms with van der Waals surface area (Å²) in [5, 5.41) is 0. The normalized spacial score (nSPS) is 13.9. The molecule has 0 bridgehead atoms. The van der Waals surface area contributed by atoms with Gasteiger partial charge in [-0.25, -0.2) is 14.2 Å². The molecule has 154 valence electrons. The second-order valence-electron chi connectivity index (χ2n) is 6.94. The molecule has 9 heteroatoms. The van der Waals surface area contributed by atoms with Crippen LogP contribution in [0.5, 0.6) is 0 Å². The molecule has 2 aromatic rings. The van der Waals surface area contributed by atoms with Crippen LogP contribution >= 0.6 is 0 Å². The van der Waals surface area contributed by atoms with E-state index >= 15 is 0 Å². The van der Waals surface area contributed by atoms with Crippen molar-refractivity contribution in [2.24, 2.45) is 16.5 Å². The quantitative estimate of drug-likeness (QED) is 0.597. The number of anilines is 2. The highest BCUT2D eigenvalue weighted by atomic mass is 19.1. The number of amides is 1. The van der Waals surface area contributed by atoms with Gasteiger partial charge in [0, 0.05) is 43.6 Å². The van der Waals surface area contributed by atoms with Gasteiger partial charge in [0.05, 0.1) is 0 Å². The fourth-order valence-corrected chi connectivity index (χ4v) is 3.18. The summed E-state index contributed by atoms with van der Waals surface area (Å²) in [4.78, 5) is 23.0. The number of benzene rings is 1. The lowest BCUT2D eigenvalue weighted by atomic mass is 10.1. The summed E-state index contributed by atoms with van der Waals surface area (Å²) in [6.07, 6.45) is 0.530. The number of hydrogen-bond acceptors (Lipinski definition) is 5. The first-order valence-corrected chi connectivity index (χ1v) is 9.32. The first-order valence-electron chi connectivity index (χ1n) is 9.32. The Morgan fingerprint density at radius 3 is 2.48 bits per heavy atom. The van der Waals surface area contributed by atoms with Gasteiger partial charge in [-0.1, -0.05) is 6.07 Å². The van der Waals surface area contributed by atoms with Crippen molar-refractivity contribution in [3.63, 3.8) is 0 Å². The molecule has 3 rings (SSSR count). The van der Waals surface area contributed by atoms with E-state index in [1.165, 1.54) is 29.1 Å². The Morgan fingerprint density at radius 1 is 1.14 bits per heavy atom. The molecule has 1 saturated heterocycles. The second-order valence-corrected chi connectivity index (χ2v) is 6.94. The van der Waals surface area contributed by atoms with Crippen LogP contribution in [0.2, 0.25) is 0 Å². The van der Waals surface area contributed by atoms with Crippen LogP contribution in [0.3, 0.4) is 0 Å². The van der Waals surface area contributed by atoms with E-state index in [9.17, 15) is 9.18 Å². The van der Waals surface area contributed by atoms with Gasteiger partial charge in [-0.2, -0.15) is 0 Å².